The molecule has 1 aliphatic rings. The van der Waals surface area contributed by atoms with Crippen LogP contribution in [0, 0.1) is 0 Å². The maximum atomic E-state index is 13.1. The lowest BCUT2D eigenvalue weighted by Crippen LogP contribution is -2.33. The van der Waals surface area contributed by atoms with Crippen molar-refractivity contribution in [3.63, 3.8) is 0 Å². The lowest BCUT2D eigenvalue weighted by molar-refractivity contribution is 0.0953. The Morgan fingerprint density at radius 1 is 1.00 bits per heavy atom. The number of piperidine rings is 1. The lowest BCUT2D eigenvalue weighted by atomic mass is 9.95. The third-order valence-electron chi connectivity index (χ3n) is 5.20. The third-order valence-corrected chi connectivity index (χ3v) is 5.20. The molecule has 0 bridgehead atoms. The van der Waals surface area contributed by atoms with Crippen LogP contribution in [0.15, 0.2) is 70.6 Å². The highest BCUT2D eigenvalue weighted by Crippen LogP contribution is 2.31. The van der Waals surface area contributed by atoms with Gasteiger partial charge in [-0.15, -0.1) is 0 Å². The van der Waals surface area contributed by atoms with Gasteiger partial charge < -0.3 is 4.90 Å². The molecule has 1 saturated heterocycles. The van der Waals surface area contributed by atoms with E-state index in [9.17, 15) is 9.59 Å². The first-order chi connectivity index (χ1) is 14.6. The Hall–Kier alpha value is -3.58. The fraction of sp³-hybridized carbons (Fsp3) is 0.217. The molecule has 2 heterocycles. The normalized spacial score (nSPS) is 14.4. The number of hydrazone groups is 1. The number of nitrogens with zero attached hydrogens (tertiary/aromatic N) is 3. The fourth-order valence-corrected chi connectivity index (χ4v) is 3.53. The summed E-state index contributed by atoms with van der Waals surface area (Å²) in [5.74, 6) is -0.541. The van der Waals surface area contributed by atoms with Crippen molar-refractivity contribution < 1.29 is 4.79 Å². The highest BCUT2D eigenvalue weighted by atomic mass is 16.2. The molecule has 152 valence electrons. The summed E-state index contributed by atoms with van der Waals surface area (Å²) in [4.78, 5) is 28.0. The van der Waals surface area contributed by atoms with Crippen molar-refractivity contribution >= 4 is 11.6 Å². The topological polar surface area (TPSA) is 90.4 Å². The molecule has 0 spiro atoms. The summed E-state index contributed by atoms with van der Waals surface area (Å²) >= 11 is 0. The quantitative estimate of drug-likeness (QED) is 0.658. The Bertz CT molecular complexity index is 1110. The highest BCUT2D eigenvalue weighted by molar-refractivity contribution is 6.04. The molecule has 3 aromatic rings. The number of nitrogens with one attached hydrogen (secondary N) is 2. The van der Waals surface area contributed by atoms with E-state index < -0.39 is 11.5 Å². The van der Waals surface area contributed by atoms with E-state index in [1.807, 2.05) is 60.7 Å². The van der Waals surface area contributed by atoms with Gasteiger partial charge in [0.25, 0.3) is 11.5 Å². The molecule has 0 unspecified atom stereocenters. The molecule has 2 N–H and O–H groups in total. The molecular formula is C23H23N5O2. The van der Waals surface area contributed by atoms with Crippen LogP contribution in [0.1, 0.15) is 23.2 Å². The molecule has 7 nitrogen and oxygen atoms in total. The summed E-state index contributed by atoms with van der Waals surface area (Å²) in [6.45, 7) is 1.80. The van der Waals surface area contributed by atoms with E-state index in [4.69, 9.17) is 0 Å². The maximum absolute atomic E-state index is 13.1. The number of H-pyrrole nitrogens is 1. The van der Waals surface area contributed by atoms with Crippen LogP contribution in [0.3, 0.4) is 0 Å². The SMILES string of the molecule is CN1CCC(=NNC(=O)c2c(-c3ccccc3)c(-c3ccccc3)n[nH]c2=O)CC1. The Balaban J connectivity index is 1.78. The minimum atomic E-state index is -0.547. The summed E-state index contributed by atoms with van der Waals surface area (Å²) in [6.07, 6.45) is 1.59. The predicted molar refractivity (Wildman–Crippen MR) is 117 cm³/mol. The smallest absolute Gasteiger partial charge is 0.277 e. The number of likely N-dealkylation sites (tertiary alicyclic amines) is 1. The number of hydrogen-bond donors (Lipinski definition) is 2. The summed E-state index contributed by atoms with van der Waals surface area (Å²) < 4.78 is 0. The Kier molecular flexibility index (Phi) is 5.81. The van der Waals surface area contributed by atoms with Crippen LogP contribution < -0.4 is 11.0 Å². The van der Waals surface area contributed by atoms with E-state index in [1.54, 1.807) is 0 Å². The summed E-state index contributed by atoms with van der Waals surface area (Å²) in [7, 11) is 2.06. The van der Waals surface area contributed by atoms with Crippen LogP contribution >= 0.6 is 0 Å². The van der Waals surface area contributed by atoms with Gasteiger partial charge >= 0.3 is 0 Å². The molecule has 0 radical (unpaired) electrons. The van der Waals surface area contributed by atoms with Crippen LogP contribution in [0.4, 0.5) is 0 Å². The molecule has 30 heavy (non-hydrogen) atoms. The number of aromatic amines is 1. The molecule has 0 atom stereocenters. The maximum Gasteiger partial charge on any atom is 0.277 e. The largest absolute Gasteiger partial charge is 0.306 e. The first-order valence-corrected chi connectivity index (χ1v) is 9.91. The number of aromatic nitrogens is 2. The molecule has 4 rings (SSSR count). The zero-order chi connectivity index (χ0) is 20.9. The Morgan fingerprint density at radius 2 is 1.60 bits per heavy atom. The van der Waals surface area contributed by atoms with Crippen molar-refractivity contribution in [2.24, 2.45) is 5.10 Å². The zero-order valence-electron chi connectivity index (χ0n) is 16.8. The summed E-state index contributed by atoms with van der Waals surface area (Å²) in [5, 5.41) is 11.0. The number of carbonyl (C=O) groups is 1. The molecule has 0 saturated carbocycles. The van der Waals surface area contributed by atoms with Crippen molar-refractivity contribution in [2.75, 3.05) is 20.1 Å². The van der Waals surface area contributed by atoms with E-state index in [-0.39, 0.29) is 5.56 Å². The average Bonchev–Trinajstić information content (AvgIpc) is 2.79. The van der Waals surface area contributed by atoms with Crippen molar-refractivity contribution in [1.82, 2.24) is 20.5 Å². The van der Waals surface area contributed by atoms with Gasteiger partial charge in [0.2, 0.25) is 0 Å². The fourth-order valence-electron chi connectivity index (χ4n) is 3.53. The second-order valence-corrected chi connectivity index (χ2v) is 7.31. The van der Waals surface area contributed by atoms with E-state index in [0.717, 1.165) is 42.8 Å². The van der Waals surface area contributed by atoms with Gasteiger partial charge in [-0.25, -0.2) is 10.5 Å². The molecule has 2 aromatic carbocycles. The van der Waals surface area contributed by atoms with Crippen molar-refractivity contribution in [2.45, 2.75) is 12.8 Å². The van der Waals surface area contributed by atoms with E-state index in [0.29, 0.717) is 11.3 Å². The molecule has 1 aliphatic heterocycles. The Morgan fingerprint density at radius 3 is 2.23 bits per heavy atom. The minimum Gasteiger partial charge on any atom is -0.306 e. The molecule has 1 amide bonds. The van der Waals surface area contributed by atoms with Crippen molar-refractivity contribution in [1.29, 1.82) is 0 Å². The van der Waals surface area contributed by atoms with Crippen molar-refractivity contribution in [3.8, 4) is 22.4 Å². The molecule has 0 aliphatic carbocycles. The van der Waals surface area contributed by atoms with Gasteiger partial charge in [-0.05, 0) is 12.6 Å². The van der Waals surface area contributed by atoms with Crippen LogP contribution in [0.2, 0.25) is 0 Å². The van der Waals surface area contributed by atoms with E-state index in [2.05, 4.69) is 32.7 Å². The zero-order valence-corrected chi connectivity index (χ0v) is 16.8. The number of amides is 1. The lowest BCUT2D eigenvalue weighted by Gasteiger charge is -2.22. The second-order valence-electron chi connectivity index (χ2n) is 7.31. The predicted octanol–water partition coefficient (Wildman–Crippen LogP) is 2.92. The third kappa shape index (κ3) is 4.21. The van der Waals surface area contributed by atoms with E-state index >= 15 is 0 Å². The van der Waals surface area contributed by atoms with Gasteiger partial charge in [0.05, 0.1) is 5.69 Å². The number of hydrogen-bond acceptors (Lipinski definition) is 5. The number of benzene rings is 2. The first-order valence-electron chi connectivity index (χ1n) is 9.91. The monoisotopic (exact) mass is 401 g/mol. The highest BCUT2D eigenvalue weighted by Gasteiger charge is 2.23. The van der Waals surface area contributed by atoms with Gasteiger partial charge in [0.15, 0.2) is 0 Å². The van der Waals surface area contributed by atoms with Gasteiger partial charge in [-0.2, -0.15) is 10.2 Å². The summed E-state index contributed by atoms with van der Waals surface area (Å²) in [5.41, 5.74) is 5.57. The van der Waals surface area contributed by atoms with Gasteiger partial charge in [0.1, 0.15) is 5.56 Å². The van der Waals surface area contributed by atoms with E-state index in [1.165, 1.54) is 0 Å². The van der Waals surface area contributed by atoms with Crippen molar-refractivity contribution in [3.05, 3.63) is 76.6 Å². The summed E-state index contributed by atoms with van der Waals surface area (Å²) in [6, 6.07) is 18.8. The average molecular weight is 401 g/mol. The minimum absolute atomic E-state index is 0.00679. The second kappa shape index (κ2) is 8.84. The Labute approximate surface area is 174 Å². The standard InChI is InChI=1S/C23H23N5O2/c1-28-14-12-18(13-15-28)24-26-22(29)20-19(16-8-4-2-5-9-16)21(25-27-23(20)30)17-10-6-3-7-11-17/h2-11H,12-15H2,1H3,(H,26,29)(H,27,30). The number of rotatable bonds is 4. The van der Waals surface area contributed by atoms with Crippen LogP contribution in [-0.4, -0.2) is 46.9 Å². The first kappa shape index (κ1) is 19.7. The van der Waals surface area contributed by atoms with Crippen LogP contribution in [0.5, 0.6) is 0 Å². The number of carbonyl (C=O) groups excluding carboxylic acids is 1. The van der Waals surface area contributed by atoms with Gasteiger partial charge in [-0.3, -0.25) is 9.59 Å². The van der Waals surface area contributed by atoms with Gasteiger partial charge in [0, 0.05) is 42.8 Å². The van der Waals surface area contributed by atoms with Crippen LogP contribution in [0.25, 0.3) is 22.4 Å². The molecular weight excluding hydrogens is 378 g/mol. The molecule has 7 heteroatoms. The van der Waals surface area contributed by atoms with Crippen LogP contribution in [-0.2, 0) is 0 Å². The molecule has 1 fully saturated rings. The van der Waals surface area contributed by atoms with Gasteiger partial charge in [-0.1, -0.05) is 60.7 Å². The molecule has 1 aromatic heterocycles.